The topological polar surface area (TPSA) is 109 Å². The van der Waals surface area contributed by atoms with Crippen molar-refractivity contribution in [3.63, 3.8) is 0 Å². The number of imidazole rings is 1. The summed E-state index contributed by atoms with van der Waals surface area (Å²) in [5.41, 5.74) is 1.17. The molecule has 10 nitrogen and oxygen atoms in total. The number of benzene rings is 2. The summed E-state index contributed by atoms with van der Waals surface area (Å²) in [5, 5.41) is 3.29. The lowest BCUT2D eigenvalue weighted by Crippen LogP contribution is -2.37. The Balaban J connectivity index is 1.51. The zero-order valence-corrected chi connectivity index (χ0v) is 22.3. The van der Waals surface area contributed by atoms with Gasteiger partial charge < -0.3 is 19.4 Å². The summed E-state index contributed by atoms with van der Waals surface area (Å²) >= 11 is 1.16. The van der Waals surface area contributed by atoms with Crippen LogP contribution in [0.1, 0.15) is 11.1 Å². The standard InChI is InChI=1S/C26H28FN5O5S/c1-30-23-22(24(34)31(2)26(30)35)32(14-17-5-8-18(27)9-6-17)25(29-23)38-15-21(33)28-12-11-16-7-10-19(36-3)20(13-16)37-4/h5-10,13H,11-12,14-15H2,1-4H3,(H,28,33). The van der Waals surface area contributed by atoms with Crippen molar-refractivity contribution in [1.82, 2.24) is 24.0 Å². The van der Waals surface area contributed by atoms with E-state index >= 15 is 0 Å². The Morgan fingerprint density at radius 2 is 1.68 bits per heavy atom. The van der Waals surface area contributed by atoms with Gasteiger partial charge in [0.2, 0.25) is 5.91 Å². The van der Waals surface area contributed by atoms with Crippen LogP contribution in [-0.2, 0) is 31.9 Å². The molecule has 38 heavy (non-hydrogen) atoms. The number of fused-ring (bicyclic) bond motifs is 1. The lowest BCUT2D eigenvalue weighted by atomic mass is 10.1. The largest absolute Gasteiger partial charge is 0.493 e. The molecule has 0 aliphatic carbocycles. The fourth-order valence-corrected chi connectivity index (χ4v) is 4.84. The molecule has 0 fully saturated rings. The second kappa shape index (κ2) is 11.5. The van der Waals surface area contributed by atoms with Gasteiger partial charge in [0, 0.05) is 20.6 Å². The van der Waals surface area contributed by atoms with E-state index in [1.54, 1.807) is 30.9 Å². The Labute approximate surface area is 222 Å². The predicted octanol–water partition coefficient (Wildman–Crippen LogP) is 2.09. The van der Waals surface area contributed by atoms with Crippen LogP contribution in [0.4, 0.5) is 4.39 Å². The molecule has 0 radical (unpaired) electrons. The van der Waals surface area contributed by atoms with Crippen molar-refractivity contribution in [2.24, 2.45) is 14.1 Å². The Kier molecular flexibility index (Phi) is 8.20. The number of carbonyl (C=O) groups is 1. The van der Waals surface area contributed by atoms with Crippen LogP contribution in [0, 0.1) is 5.82 Å². The number of aromatic nitrogens is 4. The van der Waals surface area contributed by atoms with Crippen molar-refractivity contribution in [2.75, 3.05) is 26.5 Å². The summed E-state index contributed by atoms with van der Waals surface area (Å²) in [5.74, 6) is 0.715. The Morgan fingerprint density at radius 3 is 2.37 bits per heavy atom. The Bertz CT molecular complexity index is 1590. The second-order valence-electron chi connectivity index (χ2n) is 8.56. The number of aryl methyl sites for hydroxylation is 1. The van der Waals surface area contributed by atoms with Gasteiger partial charge in [-0.25, -0.2) is 14.2 Å². The molecular weight excluding hydrogens is 513 g/mol. The number of hydrogen-bond donors (Lipinski definition) is 1. The molecule has 12 heteroatoms. The van der Waals surface area contributed by atoms with Gasteiger partial charge in [0.05, 0.1) is 26.5 Å². The molecule has 0 bridgehead atoms. The number of hydrogen-bond acceptors (Lipinski definition) is 7. The summed E-state index contributed by atoms with van der Waals surface area (Å²) in [7, 11) is 6.07. The van der Waals surface area contributed by atoms with E-state index in [0.717, 1.165) is 27.5 Å². The van der Waals surface area contributed by atoms with Gasteiger partial charge in [0.1, 0.15) is 5.82 Å². The Hall–Kier alpha value is -4.06. The zero-order chi connectivity index (χ0) is 27.4. The highest BCUT2D eigenvalue weighted by atomic mass is 32.2. The van der Waals surface area contributed by atoms with E-state index in [2.05, 4.69) is 10.3 Å². The van der Waals surface area contributed by atoms with E-state index in [0.29, 0.717) is 29.6 Å². The monoisotopic (exact) mass is 541 g/mol. The SMILES string of the molecule is COc1ccc(CCNC(=O)CSc2nc3c(c(=O)n(C)c(=O)n3C)n2Cc2ccc(F)cc2)cc1OC. The molecule has 2 aromatic carbocycles. The minimum absolute atomic E-state index is 0.0485. The first-order valence-electron chi connectivity index (χ1n) is 11.7. The van der Waals surface area contributed by atoms with Crippen LogP contribution in [0.3, 0.4) is 0 Å². The van der Waals surface area contributed by atoms with E-state index in [4.69, 9.17) is 9.47 Å². The highest BCUT2D eigenvalue weighted by molar-refractivity contribution is 7.99. The number of halogens is 1. The molecule has 2 aromatic heterocycles. The van der Waals surface area contributed by atoms with E-state index in [-0.39, 0.29) is 35.2 Å². The number of ether oxygens (including phenoxy) is 2. The van der Waals surface area contributed by atoms with Gasteiger partial charge >= 0.3 is 5.69 Å². The van der Waals surface area contributed by atoms with Gasteiger partial charge in [0.25, 0.3) is 5.56 Å². The molecular formula is C26H28FN5O5S. The minimum atomic E-state index is -0.501. The van der Waals surface area contributed by atoms with Crippen LogP contribution < -0.4 is 26.0 Å². The maximum absolute atomic E-state index is 13.4. The molecule has 200 valence electrons. The predicted molar refractivity (Wildman–Crippen MR) is 143 cm³/mol. The second-order valence-corrected chi connectivity index (χ2v) is 9.51. The molecule has 0 spiro atoms. The first-order valence-corrected chi connectivity index (χ1v) is 12.7. The van der Waals surface area contributed by atoms with E-state index < -0.39 is 11.2 Å². The van der Waals surface area contributed by atoms with Gasteiger partial charge in [-0.05, 0) is 41.8 Å². The molecule has 2 heterocycles. The number of thioether (sulfide) groups is 1. The van der Waals surface area contributed by atoms with Crippen molar-refractivity contribution >= 4 is 28.8 Å². The van der Waals surface area contributed by atoms with Gasteiger partial charge in [0.15, 0.2) is 27.8 Å². The summed E-state index contributed by atoms with van der Waals surface area (Å²) in [6.07, 6.45) is 0.595. The maximum atomic E-state index is 13.4. The van der Waals surface area contributed by atoms with Crippen LogP contribution >= 0.6 is 11.8 Å². The first-order chi connectivity index (χ1) is 18.2. The number of nitrogens with one attached hydrogen (secondary N) is 1. The third kappa shape index (κ3) is 5.59. The number of rotatable bonds is 10. The summed E-state index contributed by atoms with van der Waals surface area (Å²) in [6.45, 7) is 0.628. The van der Waals surface area contributed by atoms with Gasteiger partial charge in [-0.15, -0.1) is 0 Å². The number of amides is 1. The Morgan fingerprint density at radius 1 is 1.00 bits per heavy atom. The number of methoxy groups -OCH3 is 2. The molecule has 4 rings (SSSR count). The molecule has 1 N–H and O–H groups in total. The summed E-state index contributed by atoms with van der Waals surface area (Å²) < 4.78 is 28.0. The van der Waals surface area contributed by atoms with Crippen LogP contribution in [-0.4, -0.2) is 51.1 Å². The van der Waals surface area contributed by atoms with Gasteiger partial charge in [-0.2, -0.15) is 0 Å². The van der Waals surface area contributed by atoms with Crippen LogP contribution in [0.25, 0.3) is 11.2 Å². The molecule has 4 aromatic rings. The number of carbonyl (C=O) groups excluding carboxylic acids is 1. The lowest BCUT2D eigenvalue weighted by Gasteiger charge is -2.11. The van der Waals surface area contributed by atoms with Crippen molar-refractivity contribution in [1.29, 1.82) is 0 Å². The molecule has 0 unspecified atom stereocenters. The molecule has 0 aliphatic heterocycles. The molecule has 0 saturated heterocycles. The van der Waals surface area contributed by atoms with Crippen molar-refractivity contribution in [2.45, 2.75) is 18.1 Å². The quantitative estimate of drug-likeness (QED) is 0.306. The first kappa shape index (κ1) is 27.0. The average molecular weight is 542 g/mol. The third-order valence-electron chi connectivity index (χ3n) is 6.08. The van der Waals surface area contributed by atoms with Gasteiger partial charge in [-0.1, -0.05) is 30.0 Å². The summed E-state index contributed by atoms with van der Waals surface area (Å²) in [4.78, 5) is 42.6. The zero-order valence-electron chi connectivity index (χ0n) is 21.5. The fourth-order valence-electron chi connectivity index (χ4n) is 4.02. The van der Waals surface area contributed by atoms with Crippen molar-refractivity contribution in [3.05, 3.63) is 80.2 Å². The highest BCUT2D eigenvalue weighted by Gasteiger charge is 2.20. The smallest absolute Gasteiger partial charge is 0.332 e. The molecule has 0 atom stereocenters. The van der Waals surface area contributed by atoms with Crippen LogP contribution in [0.2, 0.25) is 0 Å². The van der Waals surface area contributed by atoms with Crippen molar-refractivity contribution < 1.29 is 18.7 Å². The molecule has 1 amide bonds. The third-order valence-corrected chi connectivity index (χ3v) is 7.06. The van der Waals surface area contributed by atoms with Crippen molar-refractivity contribution in [3.8, 4) is 11.5 Å². The highest BCUT2D eigenvalue weighted by Crippen LogP contribution is 2.27. The van der Waals surface area contributed by atoms with E-state index in [9.17, 15) is 18.8 Å². The minimum Gasteiger partial charge on any atom is -0.493 e. The van der Waals surface area contributed by atoms with Crippen LogP contribution in [0.15, 0.2) is 57.2 Å². The average Bonchev–Trinajstić information content (AvgIpc) is 3.28. The molecule has 0 saturated carbocycles. The molecule has 0 aliphatic rings. The fraction of sp³-hybridized carbons (Fsp3) is 0.308. The lowest BCUT2D eigenvalue weighted by molar-refractivity contribution is -0.118. The maximum Gasteiger partial charge on any atom is 0.332 e. The normalized spacial score (nSPS) is 11.1. The van der Waals surface area contributed by atoms with E-state index in [1.807, 2.05) is 18.2 Å². The summed E-state index contributed by atoms with van der Waals surface area (Å²) in [6, 6.07) is 11.5. The van der Waals surface area contributed by atoms with E-state index in [1.165, 1.54) is 30.8 Å². The number of nitrogens with zero attached hydrogens (tertiary/aromatic N) is 4. The van der Waals surface area contributed by atoms with Gasteiger partial charge in [-0.3, -0.25) is 18.7 Å². The van der Waals surface area contributed by atoms with Crippen LogP contribution in [0.5, 0.6) is 11.5 Å².